The number of hydrogen-bond donors (Lipinski definition) is 2. The summed E-state index contributed by atoms with van der Waals surface area (Å²) in [5, 5.41) is 21.5. The van der Waals surface area contributed by atoms with Crippen molar-refractivity contribution in [3.05, 3.63) is 83.5 Å². The molecular weight excluding hydrogens is 474 g/mol. The number of para-hydroxylation sites is 2. The first-order chi connectivity index (χ1) is 17.5. The topological polar surface area (TPSA) is 78.8 Å². The molecule has 0 spiro atoms. The van der Waals surface area contributed by atoms with Crippen LogP contribution in [0.4, 0.5) is 5.69 Å². The number of aromatic nitrogens is 2. The van der Waals surface area contributed by atoms with Crippen molar-refractivity contribution < 1.29 is 24.4 Å². The van der Waals surface area contributed by atoms with Crippen molar-refractivity contribution in [3.63, 3.8) is 0 Å². The third-order valence-electron chi connectivity index (χ3n) is 6.28. The summed E-state index contributed by atoms with van der Waals surface area (Å²) in [7, 11) is 2.11. The summed E-state index contributed by atoms with van der Waals surface area (Å²) >= 11 is 1.79. The van der Waals surface area contributed by atoms with Gasteiger partial charge >= 0.3 is 5.97 Å². The number of nitrogens with zero attached hydrogens (tertiary/aromatic N) is 3. The zero-order chi connectivity index (χ0) is 25.1. The quantitative estimate of drug-likeness (QED) is 0.258. The maximum absolute atomic E-state index is 12.0. The lowest BCUT2D eigenvalue weighted by molar-refractivity contribution is -0.671. The number of pyridine rings is 1. The minimum Gasteiger partial charge on any atom is -0.492 e. The molecule has 0 aliphatic carbocycles. The number of carbonyl (C=O) groups is 1. The number of benzene rings is 2. The van der Waals surface area contributed by atoms with Crippen molar-refractivity contribution in [2.45, 2.75) is 37.1 Å². The predicted octanol–water partition coefficient (Wildman–Crippen LogP) is 5.10. The SMILES string of the molecule is CN1C(=Cc2cc[n+](CCCCCC(=O)On3c(O)ccc3O)c3ccccc23)Sc2ccccc21. The van der Waals surface area contributed by atoms with Gasteiger partial charge in [0, 0.05) is 49.1 Å². The monoisotopic (exact) mass is 502 g/mol. The number of hydrogen-bond acceptors (Lipinski definition) is 6. The van der Waals surface area contributed by atoms with Gasteiger partial charge in [0.15, 0.2) is 6.20 Å². The molecule has 0 bridgehead atoms. The molecule has 8 heteroatoms. The molecule has 0 saturated carbocycles. The van der Waals surface area contributed by atoms with Gasteiger partial charge < -0.3 is 20.0 Å². The van der Waals surface area contributed by atoms with Gasteiger partial charge in [0.05, 0.1) is 16.1 Å². The minimum atomic E-state index is -0.496. The summed E-state index contributed by atoms with van der Waals surface area (Å²) in [6.07, 6.45) is 7.02. The largest absolute Gasteiger partial charge is 0.492 e. The number of thioether (sulfide) groups is 1. The molecule has 3 heterocycles. The summed E-state index contributed by atoms with van der Waals surface area (Å²) in [6.45, 7) is 0.839. The van der Waals surface area contributed by atoms with Crippen LogP contribution in [0.15, 0.2) is 82.9 Å². The van der Waals surface area contributed by atoms with Gasteiger partial charge in [-0.05, 0) is 42.7 Å². The third-order valence-corrected chi connectivity index (χ3v) is 7.45. The highest BCUT2D eigenvalue weighted by Gasteiger charge is 2.22. The zero-order valence-electron chi connectivity index (χ0n) is 20.0. The molecule has 2 N–H and O–H groups in total. The van der Waals surface area contributed by atoms with Crippen LogP contribution in [-0.4, -0.2) is 28.0 Å². The lowest BCUT2D eigenvalue weighted by Gasteiger charge is -2.13. The first-order valence-corrected chi connectivity index (χ1v) is 12.8. The normalized spacial score (nSPS) is 13.9. The summed E-state index contributed by atoms with van der Waals surface area (Å²) < 4.78 is 2.98. The second kappa shape index (κ2) is 10.4. The van der Waals surface area contributed by atoms with Crippen LogP contribution in [0.5, 0.6) is 11.8 Å². The molecular formula is C28H28N3O4S+. The van der Waals surface area contributed by atoms with Crippen molar-refractivity contribution in [2.24, 2.45) is 0 Å². The molecule has 0 atom stereocenters. The van der Waals surface area contributed by atoms with Crippen molar-refractivity contribution in [1.29, 1.82) is 0 Å². The third kappa shape index (κ3) is 4.90. The molecule has 36 heavy (non-hydrogen) atoms. The van der Waals surface area contributed by atoms with Gasteiger partial charge in [-0.15, -0.1) is 4.73 Å². The second-order valence-corrected chi connectivity index (χ2v) is 9.77. The Bertz CT molecular complexity index is 1430. The maximum atomic E-state index is 12.0. The minimum absolute atomic E-state index is 0.211. The molecule has 1 aliphatic rings. The van der Waals surface area contributed by atoms with E-state index in [9.17, 15) is 15.0 Å². The van der Waals surface area contributed by atoms with E-state index in [2.05, 4.69) is 83.4 Å². The first-order valence-electron chi connectivity index (χ1n) is 12.0. The van der Waals surface area contributed by atoms with Gasteiger partial charge in [-0.25, -0.2) is 4.79 Å². The van der Waals surface area contributed by atoms with Crippen LogP contribution in [0.3, 0.4) is 0 Å². The van der Waals surface area contributed by atoms with Gasteiger partial charge in [-0.3, -0.25) is 0 Å². The van der Waals surface area contributed by atoms with E-state index in [-0.39, 0.29) is 18.2 Å². The van der Waals surface area contributed by atoms with Crippen LogP contribution in [0.25, 0.3) is 17.0 Å². The number of aromatic hydroxyl groups is 2. The smallest absolute Gasteiger partial charge is 0.333 e. The Kier molecular flexibility index (Phi) is 6.86. The lowest BCUT2D eigenvalue weighted by atomic mass is 10.1. The van der Waals surface area contributed by atoms with E-state index in [0.717, 1.165) is 24.1 Å². The fraction of sp³-hybridized carbons (Fsp3) is 0.214. The molecule has 4 aromatic rings. The van der Waals surface area contributed by atoms with Crippen molar-refractivity contribution in [1.82, 2.24) is 4.73 Å². The van der Waals surface area contributed by atoms with Gasteiger partial charge in [-0.2, -0.15) is 4.57 Å². The Morgan fingerprint density at radius 1 is 0.972 bits per heavy atom. The second-order valence-electron chi connectivity index (χ2n) is 8.71. The Morgan fingerprint density at radius 2 is 1.72 bits per heavy atom. The molecule has 1 aliphatic heterocycles. The lowest BCUT2D eigenvalue weighted by Crippen LogP contribution is -2.34. The van der Waals surface area contributed by atoms with Crippen LogP contribution in [0.1, 0.15) is 31.2 Å². The Labute approximate surface area is 213 Å². The highest BCUT2D eigenvalue weighted by atomic mass is 32.2. The van der Waals surface area contributed by atoms with E-state index >= 15 is 0 Å². The summed E-state index contributed by atoms with van der Waals surface area (Å²) in [6, 6.07) is 21.6. The zero-order valence-corrected chi connectivity index (χ0v) is 20.8. The number of carbonyl (C=O) groups excluding carboxylic acids is 1. The van der Waals surface area contributed by atoms with Gasteiger partial charge in [0.25, 0.3) is 0 Å². The Balaban J connectivity index is 1.21. The van der Waals surface area contributed by atoms with Gasteiger partial charge in [-0.1, -0.05) is 36.0 Å². The molecule has 2 aromatic carbocycles. The van der Waals surface area contributed by atoms with E-state index in [1.165, 1.54) is 44.2 Å². The van der Waals surface area contributed by atoms with Gasteiger partial charge in [0.1, 0.15) is 6.54 Å². The van der Waals surface area contributed by atoms with Crippen LogP contribution in [0, 0.1) is 0 Å². The van der Waals surface area contributed by atoms with E-state index in [1.807, 2.05) is 0 Å². The highest BCUT2D eigenvalue weighted by Crippen LogP contribution is 2.45. The van der Waals surface area contributed by atoms with Gasteiger partial charge in [0.2, 0.25) is 17.3 Å². The maximum Gasteiger partial charge on any atom is 0.333 e. The molecule has 5 rings (SSSR count). The fourth-order valence-electron chi connectivity index (χ4n) is 4.38. The number of aryl methyl sites for hydroxylation is 1. The number of rotatable bonds is 8. The fourth-order valence-corrected chi connectivity index (χ4v) is 5.48. The molecule has 0 fully saturated rings. The Hall–Kier alpha value is -3.91. The molecule has 2 aromatic heterocycles. The van der Waals surface area contributed by atoms with E-state index in [1.54, 1.807) is 11.8 Å². The van der Waals surface area contributed by atoms with E-state index < -0.39 is 5.97 Å². The van der Waals surface area contributed by atoms with Crippen LogP contribution >= 0.6 is 11.8 Å². The van der Waals surface area contributed by atoms with Crippen LogP contribution in [-0.2, 0) is 11.3 Å². The molecule has 0 unspecified atom stereocenters. The Morgan fingerprint density at radius 3 is 2.53 bits per heavy atom. The molecule has 0 saturated heterocycles. The molecule has 184 valence electrons. The summed E-state index contributed by atoms with van der Waals surface area (Å²) in [5.41, 5.74) is 3.59. The predicted molar refractivity (Wildman–Crippen MR) is 141 cm³/mol. The average molecular weight is 503 g/mol. The van der Waals surface area contributed by atoms with Crippen molar-refractivity contribution in [3.8, 4) is 11.8 Å². The molecule has 0 radical (unpaired) electrons. The van der Waals surface area contributed by atoms with Crippen molar-refractivity contribution >= 4 is 40.4 Å². The number of unbranched alkanes of at least 4 members (excludes halogenated alkanes) is 2. The average Bonchev–Trinajstić information content (AvgIpc) is 3.38. The number of anilines is 1. The van der Waals surface area contributed by atoms with Crippen LogP contribution in [0.2, 0.25) is 0 Å². The standard InChI is InChI=1S/C28H27N3O4S/c1-29-23-11-6-7-12-24(23)36-27(29)19-20-16-18-30(22-10-5-4-9-21(20)22)17-8-2-3-13-28(34)35-31-25(32)14-15-26(31)33/h4-7,9-12,14-16,18-19H,2-3,8,13,17H2,1H3,(H-,32,33)/p+1. The number of fused-ring (bicyclic) bond motifs is 2. The van der Waals surface area contributed by atoms with Crippen molar-refractivity contribution in [2.75, 3.05) is 11.9 Å². The van der Waals surface area contributed by atoms with Crippen LogP contribution < -0.4 is 14.3 Å². The van der Waals surface area contributed by atoms with E-state index in [4.69, 9.17) is 4.84 Å². The summed E-state index contributed by atoms with van der Waals surface area (Å²) in [4.78, 5) is 20.5. The first kappa shape index (κ1) is 23.8. The molecule has 0 amide bonds. The summed E-state index contributed by atoms with van der Waals surface area (Å²) in [5.74, 6) is -1.12. The molecule has 7 nitrogen and oxygen atoms in total. The van der Waals surface area contributed by atoms with E-state index in [0.29, 0.717) is 6.42 Å². The highest BCUT2D eigenvalue weighted by molar-refractivity contribution is 8.03.